The van der Waals surface area contributed by atoms with Crippen LogP contribution in [0.3, 0.4) is 0 Å². The molecule has 4 heteroatoms. The second kappa shape index (κ2) is 8.95. The van der Waals surface area contributed by atoms with E-state index in [9.17, 15) is 15.0 Å². The summed E-state index contributed by atoms with van der Waals surface area (Å²) in [5.74, 6) is 1.40. The highest BCUT2D eigenvalue weighted by atomic mass is 16.3. The molecule has 0 aliphatic heterocycles. The van der Waals surface area contributed by atoms with Crippen LogP contribution in [0.2, 0.25) is 0 Å². The van der Waals surface area contributed by atoms with Crippen LogP contribution in [0.1, 0.15) is 74.7 Å². The van der Waals surface area contributed by atoms with Crippen LogP contribution >= 0.6 is 0 Å². The van der Waals surface area contributed by atoms with Crippen molar-refractivity contribution in [3.8, 4) is 0 Å². The number of benzene rings is 1. The zero-order valence-electron chi connectivity index (χ0n) is 20.1. The topological polar surface area (TPSA) is 69.6 Å². The molecule has 7 atom stereocenters. The van der Waals surface area contributed by atoms with Gasteiger partial charge in [0.25, 0.3) is 5.91 Å². The van der Waals surface area contributed by atoms with E-state index in [1.54, 1.807) is 0 Å². The largest absolute Gasteiger partial charge is 0.396 e. The number of aryl methyl sites for hydroxylation is 1. The van der Waals surface area contributed by atoms with E-state index in [4.69, 9.17) is 0 Å². The molecule has 0 unspecified atom stereocenters. The Labute approximate surface area is 193 Å². The summed E-state index contributed by atoms with van der Waals surface area (Å²) in [6.07, 6.45) is 6.58. The predicted octanol–water partition coefficient (Wildman–Crippen LogP) is 4.88. The van der Waals surface area contributed by atoms with Crippen LogP contribution in [0.15, 0.2) is 36.4 Å². The van der Waals surface area contributed by atoms with Crippen LogP contribution in [-0.2, 0) is 0 Å². The van der Waals surface area contributed by atoms with Crippen LogP contribution in [0.4, 0.5) is 0 Å². The maximum absolute atomic E-state index is 13.0. The second-order valence-electron chi connectivity index (χ2n) is 11.4. The minimum Gasteiger partial charge on any atom is -0.396 e. The van der Waals surface area contributed by atoms with E-state index in [1.165, 1.54) is 5.57 Å². The van der Waals surface area contributed by atoms with Crippen molar-refractivity contribution in [2.75, 3.05) is 13.2 Å². The lowest BCUT2D eigenvalue weighted by molar-refractivity contribution is -0.0928. The molecule has 0 heterocycles. The van der Waals surface area contributed by atoms with Crippen LogP contribution in [0.25, 0.3) is 0 Å². The van der Waals surface area contributed by atoms with E-state index >= 15 is 0 Å². The standard InChI is InChI=1S/C28H41NO3/c1-18-6-5-7-20(14-18)26(32)29-16-23-24-9-8-19(2)27(24,3)13-11-25(23)28(4)12-10-22(31)15-21(28)17-30/h5-7,14,21-25,30-31H,2,8-13,15-17H2,1,3-4H3,(H,29,32)/t21-,22+,23+,24+,25+,27-,28+/m1/s1. The van der Waals surface area contributed by atoms with Crippen molar-refractivity contribution in [3.05, 3.63) is 47.5 Å². The van der Waals surface area contributed by atoms with Gasteiger partial charge in [0.1, 0.15) is 0 Å². The van der Waals surface area contributed by atoms with Crippen molar-refractivity contribution in [2.24, 2.45) is 34.5 Å². The lowest BCUT2D eigenvalue weighted by Gasteiger charge is -2.56. The molecule has 3 saturated carbocycles. The van der Waals surface area contributed by atoms with E-state index in [0.29, 0.717) is 30.7 Å². The third-order valence-corrected chi connectivity index (χ3v) is 9.74. The summed E-state index contributed by atoms with van der Waals surface area (Å²) in [5.41, 5.74) is 3.31. The lowest BCUT2D eigenvalue weighted by Crippen LogP contribution is -2.53. The van der Waals surface area contributed by atoms with Crippen molar-refractivity contribution in [1.82, 2.24) is 5.32 Å². The molecule has 1 amide bonds. The number of amides is 1. The molecule has 0 bridgehead atoms. The fourth-order valence-corrected chi connectivity index (χ4v) is 7.57. The predicted molar refractivity (Wildman–Crippen MR) is 128 cm³/mol. The quantitative estimate of drug-likeness (QED) is 0.573. The number of carbonyl (C=O) groups is 1. The Morgan fingerprint density at radius 3 is 2.69 bits per heavy atom. The first-order valence-corrected chi connectivity index (χ1v) is 12.5. The zero-order chi connectivity index (χ0) is 23.1. The second-order valence-corrected chi connectivity index (χ2v) is 11.4. The van der Waals surface area contributed by atoms with Crippen molar-refractivity contribution < 1.29 is 15.0 Å². The minimum absolute atomic E-state index is 0.000484. The molecular weight excluding hydrogens is 398 g/mol. The van der Waals surface area contributed by atoms with Gasteiger partial charge in [-0.2, -0.15) is 0 Å². The molecule has 3 aliphatic carbocycles. The molecule has 1 aromatic rings. The molecule has 1 aromatic carbocycles. The molecule has 0 saturated heterocycles. The van der Waals surface area contributed by atoms with Crippen molar-refractivity contribution in [1.29, 1.82) is 0 Å². The van der Waals surface area contributed by atoms with E-state index in [1.807, 2.05) is 31.2 Å². The Kier molecular flexibility index (Phi) is 6.57. The third kappa shape index (κ3) is 4.05. The van der Waals surface area contributed by atoms with E-state index in [2.05, 4.69) is 25.7 Å². The van der Waals surface area contributed by atoms with Gasteiger partial charge in [0.05, 0.1) is 6.10 Å². The van der Waals surface area contributed by atoms with Gasteiger partial charge in [-0.25, -0.2) is 0 Å². The number of rotatable bonds is 5. The molecule has 176 valence electrons. The van der Waals surface area contributed by atoms with E-state index in [-0.39, 0.29) is 35.4 Å². The van der Waals surface area contributed by atoms with E-state index in [0.717, 1.165) is 49.7 Å². The maximum Gasteiger partial charge on any atom is 0.251 e. The fourth-order valence-electron chi connectivity index (χ4n) is 7.57. The van der Waals surface area contributed by atoms with Gasteiger partial charge < -0.3 is 15.5 Å². The van der Waals surface area contributed by atoms with Crippen LogP contribution in [0.5, 0.6) is 0 Å². The molecule has 0 spiro atoms. The first-order chi connectivity index (χ1) is 15.2. The van der Waals surface area contributed by atoms with Gasteiger partial charge in [0, 0.05) is 18.7 Å². The van der Waals surface area contributed by atoms with Gasteiger partial charge in [-0.3, -0.25) is 4.79 Å². The summed E-state index contributed by atoms with van der Waals surface area (Å²) in [4.78, 5) is 13.0. The van der Waals surface area contributed by atoms with Gasteiger partial charge in [-0.05, 0) is 98.5 Å². The smallest absolute Gasteiger partial charge is 0.251 e. The third-order valence-electron chi connectivity index (χ3n) is 9.74. The monoisotopic (exact) mass is 439 g/mol. The van der Waals surface area contributed by atoms with Gasteiger partial charge >= 0.3 is 0 Å². The summed E-state index contributed by atoms with van der Waals surface area (Å²) in [6.45, 7) is 12.0. The Morgan fingerprint density at radius 2 is 1.97 bits per heavy atom. The van der Waals surface area contributed by atoms with Crippen LogP contribution < -0.4 is 5.32 Å². The zero-order valence-corrected chi connectivity index (χ0v) is 20.1. The van der Waals surface area contributed by atoms with Crippen molar-refractivity contribution >= 4 is 5.91 Å². The summed E-state index contributed by atoms with van der Waals surface area (Å²) in [7, 11) is 0. The Balaban J connectivity index is 1.60. The molecule has 4 rings (SSSR count). The molecule has 3 N–H and O–H groups in total. The molecule has 32 heavy (non-hydrogen) atoms. The average Bonchev–Trinajstić information content (AvgIpc) is 3.08. The maximum atomic E-state index is 13.0. The summed E-state index contributed by atoms with van der Waals surface area (Å²) in [5, 5.41) is 23.8. The number of hydrogen-bond donors (Lipinski definition) is 3. The summed E-state index contributed by atoms with van der Waals surface area (Å²) >= 11 is 0. The highest BCUT2D eigenvalue weighted by Crippen LogP contribution is 2.63. The molecule has 3 aliphatic rings. The number of nitrogens with one attached hydrogen (secondary N) is 1. The van der Waals surface area contributed by atoms with Crippen LogP contribution in [0, 0.1) is 41.4 Å². The first kappa shape index (κ1) is 23.5. The van der Waals surface area contributed by atoms with Gasteiger partial charge in [0.2, 0.25) is 0 Å². The van der Waals surface area contributed by atoms with Crippen LogP contribution in [-0.4, -0.2) is 35.4 Å². The highest BCUT2D eigenvalue weighted by molar-refractivity contribution is 5.94. The Bertz CT molecular complexity index is 866. The highest BCUT2D eigenvalue weighted by Gasteiger charge is 2.56. The van der Waals surface area contributed by atoms with Crippen molar-refractivity contribution in [3.63, 3.8) is 0 Å². The normalized spacial score (nSPS) is 39.5. The molecule has 0 radical (unpaired) electrons. The lowest BCUT2D eigenvalue weighted by atomic mass is 9.49. The summed E-state index contributed by atoms with van der Waals surface area (Å²) in [6, 6.07) is 7.78. The van der Waals surface area contributed by atoms with Gasteiger partial charge in [0.15, 0.2) is 0 Å². The molecule has 4 nitrogen and oxygen atoms in total. The Hall–Kier alpha value is -1.65. The van der Waals surface area contributed by atoms with Gasteiger partial charge in [-0.1, -0.05) is 43.7 Å². The van der Waals surface area contributed by atoms with Crippen molar-refractivity contribution in [2.45, 2.75) is 71.8 Å². The SMILES string of the molecule is C=C1CC[C@H]2[C@H](CNC(=O)c3cccc(C)c3)[C@@H]([C@@]3(C)CC[C@H](O)C[C@@H]3CO)CC[C@]12C. The number of aliphatic hydroxyl groups excluding tert-OH is 2. The minimum atomic E-state index is -0.306. The molecular formula is C28H41NO3. The number of allylic oxidation sites excluding steroid dienone is 1. The van der Waals surface area contributed by atoms with E-state index < -0.39 is 0 Å². The first-order valence-electron chi connectivity index (χ1n) is 12.5. The number of hydrogen-bond acceptors (Lipinski definition) is 3. The number of carbonyl (C=O) groups excluding carboxylic acids is 1. The Morgan fingerprint density at radius 1 is 1.19 bits per heavy atom. The molecule has 3 fully saturated rings. The number of aliphatic hydroxyl groups is 2. The van der Waals surface area contributed by atoms with Gasteiger partial charge in [-0.15, -0.1) is 0 Å². The average molecular weight is 440 g/mol. The fraction of sp³-hybridized carbons (Fsp3) is 0.679. The molecule has 0 aromatic heterocycles. The number of fused-ring (bicyclic) bond motifs is 1. The summed E-state index contributed by atoms with van der Waals surface area (Å²) < 4.78 is 0.